The number of rotatable bonds is 9. The summed E-state index contributed by atoms with van der Waals surface area (Å²) in [5, 5.41) is 3.55. The maximum absolute atomic E-state index is 5.09. The molecule has 0 aliphatic carbocycles. The molecule has 0 saturated carbocycles. The average Bonchev–Trinajstić information content (AvgIpc) is 2.42. The van der Waals surface area contributed by atoms with Crippen LogP contribution < -0.4 is 5.32 Å². The Hall–Kier alpha value is -0.900. The third-order valence-corrected chi connectivity index (χ3v) is 3.13. The molecule has 1 aromatic carbocycles. The molecule has 1 unspecified atom stereocenters. The van der Waals surface area contributed by atoms with Crippen LogP contribution in [0.2, 0.25) is 0 Å². The Bertz CT molecular complexity index is 303. The minimum Gasteiger partial charge on any atom is -0.383 e. The van der Waals surface area contributed by atoms with Crippen LogP contribution in [0.1, 0.15) is 24.9 Å². The van der Waals surface area contributed by atoms with Crippen LogP contribution in [0, 0.1) is 0 Å². The predicted octanol–water partition coefficient (Wildman–Crippen LogP) is 2.31. The molecule has 1 rings (SSSR count). The van der Waals surface area contributed by atoms with Gasteiger partial charge >= 0.3 is 0 Å². The minimum absolute atomic E-state index is 0.446. The Morgan fingerprint density at radius 2 is 1.94 bits per heavy atom. The van der Waals surface area contributed by atoms with Crippen LogP contribution >= 0.6 is 0 Å². The van der Waals surface area contributed by atoms with Gasteiger partial charge in [0.2, 0.25) is 0 Å². The lowest BCUT2D eigenvalue weighted by atomic mass is 10.0. The summed E-state index contributed by atoms with van der Waals surface area (Å²) in [5.41, 5.74) is 1.37. The van der Waals surface area contributed by atoms with Gasteiger partial charge in [-0.15, -0.1) is 0 Å². The standard InChI is InChI=1S/C15H26N2O/c1-4-16-15(14-8-6-5-7-9-14)10-11-17(2)12-13-18-3/h5-9,15-16H,4,10-13H2,1-3H3. The first-order chi connectivity index (χ1) is 8.77. The summed E-state index contributed by atoms with van der Waals surface area (Å²) in [4.78, 5) is 2.32. The highest BCUT2D eigenvalue weighted by molar-refractivity contribution is 5.18. The Morgan fingerprint density at radius 3 is 2.56 bits per heavy atom. The molecule has 0 aromatic heterocycles. The van der Waals surface area contributed by atoms with Gasteiger partial charge in [-0.25, -0.2) is 0 Å². The van der Waals surface area contributed by atoms with Crippen molar-refractivity contribution in [3.05, 3.63) is 35.9 Å². The van der Waals surface area contributed by atoms with E-state index < -0.39 is 0 Å². The van der Waals surface area contributed by atoms with Crippen LogP contribution in [0.25, 0.3) is 0 Å². The molecule has 1 N–H and O–H groups in total. The Morgan fingerprint density at radius 1 is 1.22 bits per heavy atom. The van der Waals surface area contributed by atoms with Crippen LogP contribution in [0.5, 0.6) is 0 Å². The predicted molar refractivity (Wildman–Crippen MR) is 76.8 cm³/mol. The smallest absolute Gasteiger partial charge is 0.0589 e. The van der Waals surface area contributed by atoms with Crippen molar-refractivity contribution in [2.75, 3.05) is 40.4 Å². The largest absolute Gasteiger partial charge is 0.383 e. The molecule has 1 atom stereocenters. The van der Waals surface area contributed by atoms with Crippen LogP contribution in [0.4, 0.5) is 0 Å². The second-order valence-electron chi connectivity index (χ2n) is 4.61. The Balaban J connectivity index is 2.43. The van der Waals surface area contributed by atoms with Gasteiger partial charge < -0.3 is 15.0 Å². The van der Waals surface area contributed by atoms with Crippen molar-refractivity contribution in [2.24, 2.45) is 0 Å². The van der Waals surface area contributed by atoms with E-state index in [1.165, 1.54) is 5.56 Å². The van der Waals surface area contributed by atoms with Crippen LogP contribution in [-0.2, 0) is 4.74 Å². The Kier molecular flexibility index (Phi) is 7.65. The monoisotopic (exact) mass is 250 g/mol. The second kappa shape index (κ2) is 9.09. The molecular weight excluding hydrogens is 224 g/mol. The fourth-order valence-electron chi connectivity index (χ4n) is 2.03. The number of hydrogen-bond acceptors (Lipinski definition) is 3. The van der Waals surface area contributed by atoms with E-state index in [2.05, 4.69) is 54.5 Å². The first kappa shape index (κ1) is 15.2. The first-order valence-corrected chi connectivity index (χ1v) is 6.73. The number of nitrogens with zero attached hydrogens (tertiary/aromatic N) is 1. The molecule has 102 valence electrons. The summed E-state index contributed by atoms with van der Waals surface area (Å²) in [6, 6.07) is 11.1. The van der Waals surface area contributed by atoms with Gasteiger partial charge in [0, 0.05) is 19.7 Å². The lowest BCUT2D eigenvalue weighted by molar-refractivity contribution is 0.159. The molecule has 0 fully saturated rings. The molecule has 0 amide bonds. The molecule has 0 heterocycles. The van der Waals surface area contributed by atoms with Gasteiger partial charge in [0.15, 0.2) is 0 Å². The van der Waals surface area contributed by atoms with Crippen molar-refractivity contribution in [3.8, 4) is 0 Å². The highest BCUT2D eigenvalue weighted by Crippen LogP contribution is 2.16. The van der Waals surface area contributed by atoms with E-state index in [-0.39, 0.29) is 0 Å². The van der Waals surface area contributed by atoms with Crippen LogP contribution in [0.3, 0.4) is 0 Å². The topological polar surface area (TPSA) is 24.5 Å². The number of methoxy groups -OCH3 is 1. The van der Waals surface area contributed by atoms with E-state index >= 15 is 0 Å². The van der Waals surface area contributed by atoms with E-state index in [4.69, 9.17) is 4.74 Å². The number of ether oxygens (including phenoxy) is 1. The molecule has 0 saturated heterocycles. The second-order valence-corrected chi connectivity index (χ2v) is 4.61. The van der Waals surface area contributed by atoms with Gasteiger partial charge in [-0.1, -0.05) is 37.3 Å². The number of benzene rings is 1. The van der Waals surface area contributed by atoms with Crippen molar-refractivity contribution in [1.29, 1.82) is 0 Å². The SMILES string of the molecule is CCNC(CCN(C)CCOC)c1ccccc1. The molecule has 18 heavy (non-hydrogen) atoms. The quantitative estimate of drug-likeness (QED) is 0.728. The number of hydrogen-bond donors (Lipinski definition) is 1. The summed E-state index contributed by atoms with van der Waals surface area (Å²) in [6.45, 7) is 6.03. The highest BCUT2D eigenvalue weighted by atomic mass is 16.5. The zero-order chi connectivity index (χ0) is 13.2. The summed E-state index contributed by atoms with van der Waals surface area (Å²) in [7, 11) is 3.90. The normalized spacial score (nSPS) is 12.9. The first-order valence-electron chi connectivity index (χ1n) is 6.73. The maximum Gasteiger partial charge on any atom is 0.0589 e. The molecule has 3 heteroatoms. The van der Waals surface area contributed by atoms with Gasteiger partial charge in [0.1, 0.15) is 0 Å². The molecule has 3 nitrogen and oxygen atoms in total. The number of likely N-dealkylation sites (N-methyl/N-ethyl adjacent to an activating group) is 1. The third-order valence-electron chi connectivity index (χ3n) is 3.13. The van der Waals surface area contributed by atoms with E-state index in [0.717, 1.165) is 32.7 Å². The van der Waals surface area contributed by atoms with Crippen molar-refractivity contribution in [1.82, 2.24) is 10.2 Å². The van der Waals surface area contributed by atoms with Crippen molar-refractivity contribution < 1.29 is 4.74 Å². The zero-order valence-corrected chi connectivity index (χ0v) is 11.9. The summed E-state index contributed by atoms with van der Waals surface area (Å²) in [5.74, 6) is 0. The van der Waals surface area contributed by atoms with E-state index in [0.29, 0.717) is 6.04 Å². The van der Waals surface area contributed by atoms with E-state index in [1.54, 1.807) is 7.11 Å². The van der Waals surface area contributed by atoms with Gasteiger partial charge in [0.25, 0.3) is 0 Å². The summed E-state index contributed by atoms with van der Waals surface area (Å²) >= 11 is 0. The van der Waals surface area contributed by atoms with Crippen molar-refractivity contribution in [2.45, 2.75) is 19.4 Å². The fraction of sp³-hybridized carbons (Fsp3) is 0.600. The van der Waals surface area contributed by atoms with E-state index in [9.17, 15) is 0 Å². The van der Waals surface area contributed by atoms with Gasteiger partial charge in [-0.3, -0.25) is 0 Å². The highest BCUT2D eigenvalue weighted by Gasteiger charge is 2.10. The molecule has 0 aliphatic rings. The van der Waals surface area contributed by atoms with Gasteiger partial charge in [-0.05, 0) is 32.1 Å². The van der Waals surface area contributed by atoms with E-state index in [1.807, 2.05) is 0 Å². The van der Waals surface area contributed by atoms with Gasteiger partial charge in [0.05, 0.1) is 6.61 Å². The maximum atomic E-state index is 5.09. The van der Waals surface area contributed by atoms with Gasteiger partial charge in [-0.2, -0.15) is 0 Å². The molecule has 0 bridgehead atoms. The van der Waals surface area contributed by atoms with Crippen molar-refractivity contribution in [3.63, 3.8) is 0 Å². The molecule has 0 radical (unpaired) electrons. The lowest BCUT2D eigenvalue weighted by Crippen LogP contribution is -2.29. The zero-order valence-electron chi connectivity index (χ0n) is 11.9. The molecular formula is C15H26N2O. The molecule has 1 aromatic rings. The number of nitrogens with one attached hydrogen (secondary N) is 1. The fourth-order valence-corrected chi connectivity index (χ4v) is 2.03. The van der Waals surface area contributed by atoms with Crippen LogP contribution in [-0.4, -0.2) is 45.3 Å². The summed E-state index contributed by atoms with van der Waals surface area (Å²) < 4.78 is 5.09. The molecule has 0 aliphatic heterocycles. The summed E-state index contributed by atoms with van der Waals surface area (Å²) in [6.07, 6.45) is 1.12. The minimum atomic E-state index is 0.446. The lowest BCUT2D eigenvalue weighted by Gasteiger charge is -2.22. The third kappa shape index (κ3) is 5.63. The van der Waals surface area contributed by atoms with Crippen LogP contribution in [0.15, 0.2) is 30.3 Å². The molecule has 0 spiro atoms. The van der Waals surface area contributed by atoms with Crippen molar-refractivity contribution >= 4 is 0 Å². The Labute approximate surface area is 111 Å². The average molecular weight is 250 g/mol.